The molecule has 0 unspecified atom stereocenters. The molecule has 1 aliphatic heterocycles. The van der Waals surface area contributed by atoms with Gasteiger partial charge in [-0.25, -0.2) is 4.39 Å². The number of aliphatic hydroxyl groups excluding tert-OH is 1. The minimum Gasteiger partial charge on any atom is -0.396 e. The number of hydrogen-bond acceptors (Lipinski definition) is 3. The van der Waals surface area contributed by atoms with Crippen LogP contribution in [0.4, 0.5) is 4.39 Å². The van der Waals surface area contributed by atoms with Crippen LogP contribution in [0, 0.1) is 18.7 Å². The summed E-state index contributed by atoms with van der Waals surface area (Å²) in [5.74, 6) is 0.119. The molecule has 2 atom stereocenters. The van der Waals surface area contributed by atoms with Crippen molar-refractivity contribution in [3.63, 3.8) is 0 Å². The molecule has 2 N–H and O–H groups in total. The molecule has 0 radical (unpaired) electrons. The molecule has 1 fully saturated rings. The van der Waals surface area contributed by atoms with Crippen molar-refractivity contribution >= 4 is 0 Å². The van der Waals surface area contributed by atoms with E-state index in [1.54, 1.807) is 19.2 Å². The summed E-state index contributed by atoms with van der Waals surface area (Å²) in [5.41, 5.74) is 1.37. The van der Waals surface area contributed by atoms with Gasteiger partial charge in [0.2, 0.25) is 0 Å². The van der Waals surface area contributed by atoms with Crippen molar-refractivity contribution in [2.24, 2.45) is 5.92 Å². The van der Waals surface area contributed by atoms with Crippen LogP contribution in [-0.4, -0.2) is 31.9 Å². The molecule has 0 amide bonds. The second-order valence-electron chi connectivity index (χ2n) is 6.33. The van der Waals surface area contributed by atoms with Crippen LogP contribution < -0.4 is 5.32 Å². The van der Waals surface area contributed by atoms with E-state index in [1.807, 2.05) is 13.0 Å². The summed E-state index contributed by atoms with van der Waals surface area (Å²) in [6, 6.07) is 5.21. The van der Waals surface area contributed by atoms with Crippen LogP contribution in [0.25, 0.3) is 0 Å². The van der Waals surface area contributed by atoms with E-state index in [-0.39, 0.29) is 12.4 Å². The fraction of sp³-hybridized carbons (Fsp3) is 0.667. The summed E-state index contributed by atoms with van der Waals surface area (Å²) in [4.78, 5) is 0. The first-order valence-corrected chi connectivity index (χ1v) is 8.27. The summed E-state index contributed by atoms with van der Waals surface area (Å²) in [6.45, 7) is 4.03. The van der Waals surface area contributed by atoms with E-state index >= 15 is 0 Å². The normalized spacial score (nSPS) is 21.5. The summed E-state index contributed by atoms with van der Waals surface area (Å²) in [7, 11) is 1.73. The van der Waals surface area contributed by atoms with Gasteiger partial charge in [0.25, 0.3) is 0 Å². The van der Waals surface area contributed by atoms with Crippen molar-refractivity contribution in [1.82, 2.24) is 5.32 Å². The Morgan fingerprint density at radius 2 is 2.18 bits per heavy atom. The van der Waals surface area contributed by atoms with E-state index in [0.717, 1.165) is 56.3 Å². The van der Waals surface area contributed by atoms with Gasteiger partial charge in [0.1, 0.15) is 5.82 Å². The topological polar surface area (TPSA) is 41.5 Å². The minimum atomic E-state index is -0.477. The number of unbranched alkanes of at least 4 members (excludes halogenated alkanes) is 1. The number of aliphatic hydroxyl groups is 1. The zero-order chi connectivity index (χ0) is 16.0. The summed E-state index contributed by atoms with van der Waals surface area (Å²) < 4.78 is 20.0. The fourth-order valence-corrected chi connectivity index (χ4v) is 3.70. The number of nitrogens with one attached hydrogen (secondary N) is 1. The van der Waals surface area contributed by atoms with Crippen molar-refractivity contribution < 1.29 is 14.2 Å². The Morgan fingerprint density at radius 3 is 2.77 bits per heavy atom. The van der Waals surface area contributed by atoms with Gasteiger partial charge >= 0.3 is 0 Å². The molecule has 1 saturated heterocycles. The Morgan fingerprint density at radius 1 is 1.36 bits per heavy atom. The van der Waals surface area contributed by atoms with Crippen LogP contribution in [0.5, 0.6) is 0 Å². The number of methoxy groups -OCH3 is 1. The van der Waals surface area contributed by atoms with Crippen molar-refractivity contribution in [1.29, 1.82) is 0 Å². The standard InChI is InChI=1S/C18H28FNO2/c1-14-10-16(12-17(19)11-14)18(22-2,7-3-4-9-21)15-6-5-8-20-13-15/h10-12,15,20-21H,3-9,13H2,1-2H3/t15-,18+/m1/s1. The molecule has 0 bridgehead atoms. The molecule has 4 heteroatoms. The zero-order valence-electron chi connectivity index (χ0n) is 13.7. The van der Waals surface area contributed by atoms with E-state index in [9.17, 15) is 4.39 Å². The van der Waals surface area contributed by atoms with Crippen molar-refractivity contribution in [2.45, 2.75) is 44.6 Å². The van der Waals surface area contributed by atoms with Gasteiger partial charge in [0.05, 0.1) is 5.60 Å². The van der Waals surface area contributed by atoms with Gasteiger partial charge in [-0.2, -0.15) is 0 Å². The maximum atomic E-state index is 13.9. The lowest BCUT2D eigenvalue weighted by Crippen LogP contribution is -2.45. The number of benzene rings is 1. The molecule has 0 saturated carbocycles. The monoisotopic (exact) mass is 309 g/mol. The summed E-state index contributed by atoms with van der Waals surface area (Å²) in [5, 5.41) is 12.5. The van der Waals surface area contributed by atoms with Gasteiger partial charge in [-0.05, 0) is 68.8 Å². The first-order valence-electron chi connectivity index (χ1n) is 8.27. The maximum Gasteiger partial charge on any atom is 0.123 e. The second-order valence-corrected chi connectivity index (χ2v) is 6.33. The van der Waals surface area contributed by atoms with E-state index < -0.39 is 5.60 Å². The van der Waals surface area contributed by atoms with Gasteiger partial charge in [-0.1, -0.05) is 6.07 Å². The largest absolute Gasteiger partial charge is 0.396 e. The average Bonchev–Trinajstić information content (AvgIpc) is 2.52. The number of piperidine rings is 1. The van der Waals surface area contributed by atoms with Gasteiger partial charge in [0, 0.05) is 26.2 Å². The third-order valence-electron chi connectivity index (χ3n) is 4.81. The smallest absolute Gasteiger partial charge is 0.123 e. The Kier molecular flexibility index (Phi) is 6.36. The van der Waals surface area contributed by atoms with Gasteiger partial charge in [0.15, 0.2) is 0 Å². The molecule has 0 aromatic heterocycles. The molecular formula is C18H28FNO2. The van der Waals surface area contributed by atoms with Crippen molar-refractivity contribution in [2.75, 3.05) is 26.8 Å². The molecule has 0 aliphatic carbocycles. The highest BCUT2D eigenvalue weighted by Crippen LogP contribution is 2.41. The third kappa shape index (κ3) is 3.86. The Balaban J connectivity index is 2.36. The van der Waals surface area contributed by atoms with Crippen LogP contribution >= 0.6 is 0 Å². The number of aryl methyl sites for hydroxylation is 1. The lowest BCUT2D eigenvalue weighted by Gasteiger charge is -2.42. The molecule has 0 spiro atoms. The highest BCUT2D eigenvalue weighted by atomic mass is 19.1. The SMILES string of the molecule is CO[C@](CCCCO)(c1cc(C)cc(F)c1)[C@@H]1CCCNC1. The van der Waals surface area contributed by atoms with Crippen LogP contribution in [0.1, 0.15) is 43.2 Å². The molecule has 1 aromatic carbocycles. The number of rotatable bonds is 7. The second kappa shape index (κ2) is 8.04. The van der Waals surface area contributed by atoms with Crippen molar-refractivity contribution in [3.8, 4) is 0 Å². The van der Waals surface area contributed by atoms with Gasteiger partial charge < -0.3 is 15.2 Å². The van der Waals surface area contributed by atoms with Crippen LogP contribution in [0.15, 0.2) is 18.2 Å². The molecule has 124 valence electrons. The highest BCUT2D eigenvalue weighted by Gasteiger charge is 2.41. The lowest BCUT2D eigenvalue weighted by molar-refractivity contribution is -0.0800. The van der Waals surface area contributed by atoms with E-state index in [2.05, 4.69) is 5.32 Å². The number of halogens is 1. The van der Waals surface area contributed by atoms with E-state index in [1.165, 1.54) is 0 Å². The molecule has 22 heavy (non-hydrogen) atoms. The van der Waals surface area contributed by atoms with Crippen LogP contribution in [0.2, 0.25) is 0 Å². The van der Waals surface area contributed by atoms with Crippen molar-refractivity contribution in [3.05, 3.63) is 35.1 Å². The Labute approximate surface area is 132 Å². The lowest BCUT2D eigenvalue weighted by atomic mass is 9.74. The molecule has 1 aromatic rings. The maximum absolute atomic E-state index is 13.9. The molecule has 1 aliphatic rings. The zero-order valence-corrected chi connectivity index (χ0v) is 13.7. The predicted molar refractivity (Wildman–Crippen MR) is 86.4 cm³/mol. The molecule has 3 nitrogen and oxygen atoms in total. The molecular weight excluding hydrogens is 281 g/mol. The highest BCUT2D eigenvalue weighted by molar-refractivity contribution is 5.30. The van der Waals surface area contributed by atoms with Crippen LogP contribution in [0.3, 0.4) is 0 Å². The van der Waals surface area contributed by atoms with Crippen LogP contribution in [-0.2, 0) is 10.3 Å². The van der Waals surface area contributed by atoms with Gasteiger partial charge in [-0.3, -0.25) is 0 Å². The van der Waals surface area contributed by atoms with E-state index in [0.29, 0.717) is 5.92 Å². The minimum absolute atomic E-state index is 0.185. The Hall–Kier alpha value is -0.970. The Bertz CT molecular complexity index is 454. The summed E-state index contributed by atoms with van der Waals surface area (Å²) in [6.07, 6.45) is 4.62. The fourth-order valence-electron chi connectivity index (χ4n) is 3.70. The quantitative estimate of drug-likeness (QED) is 0.760. The number of hydrogen-bond donors (Lipinski definition) is 2. The number of ether oxygens (including phenoxy) is 1. The molecule has 2 rings (SSSR count). The van der Waals surface area contributed by atoms with Gasteiger partial charge in [-0.15, -0.1) is 0 Å². The first kappa shape index (κ1) is 17.4. The average molecular weight is 309 g/mol. The molecule has 1 heterocycles. The predicted octanol–water partition coefficient (Wildman–Crippen LogP) is 3.14. The third-order valence-corrected chi connectivity index (χ3v) is 4.81. The summed E-state index contributed by atoms with van der Waals surface area (Å²) >= 11 is 0. The first-order chi connectivity index (χ1) is 10.6. The van der Waals surface area contributed by atoms with E-state index in [4.69, 9.17) is 9.84 Å².